The molecule has 1 N–H and O–H groups in total. The van der Waals surface area contributed by atoms with Crippen LogP contribution >= 0.6 is 11.6 Å². The number of carbonyl (C=O) groups excluding carboxylic acids is 1. The van der Waals surface area contributed by atoms with E-state index in [0.717, 1.165) is 27.9 Å². The largest absolute Gasteiger partial charge is 0.420 e. The van der Waals surface area contributed by atoms with E-state index in [1.165, 1.54) is 0 Å². The molecule has 0 atom stereocenters. The average Bonchev–Trinajstić information content (AvgIpc) is 3.56. The van der Waals surface area contributed by atoms with Gasteiger partial charge in [0.1, 0.15) is 6.42 Å². The van der Waals surface area contributed by atoms with Crippen molar-refractivity contribution >= 4 is 23.2 Å². The van der Waals surface area contributed by atoms with Crippen molar-refractivity contribution in [3.63, 3.8) is 0 Å². The molecule has 0 aliphatic heterocycles. The minimum atomic E-state index is -0.167. The lowest BCUT2D eigenvalue weighted by molar-refractivity contribution is -0.118. The number of hydrogen-bond acceptors (Lipinski definition) is 5. The van der Waals surface area contributed by atoms with E-state index in [-0.39, 0.29) is 18.2 Å². The Bertz CT molecular complexity index is 1380. The second-order valence-corrected chi connectivity index (χ2v) is 8.12. The number of nitrogens with zero attached hydrogens (tertiary/aromatic N) is 4. The summed E-state index contributed by atoms with van der Waals surface area (Å²) in [4.78, 5) is 15.1. The van der Waals surface area contributed by atoms with Crippen molar-refractivity contribution in [2.75, 3.05) is 4.90 Å². The van der Waals surface area contributed by atoms with E-state index in [0.29, 0.717) is 17.5 Å². The summed E-state index contributed by atoms with van der Waals surface area (Å²) in [5.41, 5.74) is 4.44. The number of aromatic amines is 1. The molecule has 5 aromatic rings. The molecule has 0 saturated carbocycles. The second kappa shape index (κ2) is 9.72. The van der Waals surface area contributed by atoms with Gasteiger partial charge in [0, 0.05) is 28.0 Å². The Balaban J connectivity index is 1.41. The van der Waals surface area contributed by atoms with Gasteiger partial charge in [-0.2, -0.15) is 5.10 Å². The molecule has 1 amide bonds. The lowest BCUT2D eigenvalue weighted by Crippen LogP contribution is -2.31. The quantitative estimate of drug-likeness (QED) is 0.337. The Hall–Kier alpha value is -4.23. The van der Waals surface area contributed by atoms with Crippen LogP contribution in [0.3, 0.4) is 0 Å². The molecule has 34 heavy (non-hydrogen) atoms. The number of nitrogens with one attached hydrogen (secondary N) is 1. The summed E-state index contributed by atoms with van der Waals surface area (Å²) in [5.74, 6) is 0.475. The van der Waals surface area contributed by atoms with Gasteiger partial charge in [0.2, 0.25) is 17.7 Å². The number of rotatable bonds is 7. The average molecular weight is 470 g/mol. The van der Waals surface area contributed by atoms with Crippen LogP contribution in [0.2, 0.25) is 5.02 Å². The van der Waals surface area contributed by atoms with Crippen molar-refractivity contribution in [2.24, 2.45) is 0 Å². The van der Waals surface area contributed by atoms with Gasteiger partial charge in [0.25, 0.3) is 0 Å². The van der Waals surface area contributed by atoms with E-state index in [1.54, 1.807) is 17.2 Å². The molecule has 2 aromatic heterocycles. The van der Waals surface area contributed by atoms with Crippen LogP contribution in [0.1, 0.15) is 11.5 Å². The molecule has 3 aromatic carbocycles. The number of aromatic nitrogens is 4. The normalized spacial score (nSPS) is 10.9. The fraction of sp³-hybridized carbons (Fsp3) is 0.0769. The molecule has 0 aliphatic carbocycles. The van der Waals surface area contributed by atoms with E-state index in [4.69, 9.17) is 16.0 Å². The van der Waals surface area contributed by atoms with Gasteiger partial charge in [0.15, 0.2) is 0 Å². The second-order valence-electron chi connectivity index (χ2n) is 7.69. The zero-order valence-corrected chi connectivity index (χ0v) is 18.8. The summed E-state index contributed by atoms with van der Waals surface area (Å²) in [5, 5.41) is 15.6. The van der Waals surface area contributed by atoms with Gasteiger partial charge in [-0.1, -0.05) is 54.1 Å². The summed E-state index contributed by atoms with van der Waals surface area (Å²) in [6, 6.07) is 24.7. The molecule has 0 saturated heterocycles. The fourth-order valence-corrected chi connectivity index (χ4v) is 3.84. The van der Waals surface area contributed by atoms with Crippen LogP contribution in [0.15, 0.2) is 95.7 Å². The predicted octanol–water partition coefficient (Wildman–Crippen LogP) is 5.56. The Labute approximate surface area is 201 Å². The molecule has 8 heteroatoms. The van der Waals surface area contributed by atoms with Crippen LogP contribution in [-0.4, -0.2) is 26.3 Å². The van der Waals surface area contributed by atoms with Crippen LogP contribution < -0.4 is 4.90 Å². The van der Waals surface area contributed by atoms with Crippen LogP contribution in [0.4, 0.5) is 5.69 Å². The molecule has 2 heterocycles. The van der Waals surface area contributed by atoms with E-state index in [1.807, 2.05) is 79.0 Å². The van der Waals surface area contributed by atoms with Crippen molar-refractivity contribution in [2.45, 2.75) is 13.0 Å². The molecule has 0 unspecified atom stereocenters. The molecule has 5 rings (SSSR count). The summed E-state index contributed by atoms with van der Waals surface area (Å²) in [6.45, 7) is 0.351. The lowest BCUT2D eigenvalue weighted by atomic mass is 10.1. The molecule has 0 bridgehead atoms. The SMILES string of the molecule is O=C(Cc1nnc(-c2ccccc2)o1)N(Cc1cccc(Cl)c1)c1ccc(-c2cn[nH]c2)cc1. The number of amides is 1. The van der Waals surface area contributed by atoms with Crippen molar-refractivity contribution in [3.05, 3.63) is 108 Å². The van der Waals surface area contributed by atoms with Crippen molar-refractivity contribution in [1.82, 2.24) is 20.4 Å². The molecular weight excluding hydrogens is 450 g/mol. The molecule has 0 fully saturated rings. The van der Waals surface area contributed by atoms with Crippen LogP contribution in [-0.2, 0) is 17.8 Å². The highest BCUT2D eigenvalue weighted by Crippen LogP contribution is 2.25. The van der Waals surface area contributed by atoms with Crippen molar-refractivity contribution in [1.29, 1.82) is 0 Å². The van der Waals surface area contributed by atoms with Gasteiger partial charge >= 0.3 is 0 Å². The summed E-state index contributed by atoms with van der Waals surface area (Å²) < 4.78 is 5.76. The third-order valence-electron chi connectivity index (χ3n) is 5.33. The number of halogens is 1. The highest BCUT2D eigenvalue weighted by atomic mass is 35.5. The maximum Gasteiger partial charge on any atom is 0.247 e. The smallest absolute Gasteiger partial charge is 0.247 e. The highest BCUT2D eigenvalue weighted by Gasteiger charge is 2.20. The molecule has 7 nitrogen and oxygen atoms in total. The van der Waals surface area contributed by atoms with E-state index in [9.17, 15) is 4.79 Å². The zero-order valence-electron chi connectivity index (χ0n) is 18.1. The molecular formula is C26H20ClN5O2. The third-order valence-corrected chi connectivity index (χ3v) is 5.57. The standard InChI is InChI=1S/C26H20ClN5O2/c27-22-8-4-5-18(13-22)17-32(23-11-9-19(10-12-23)21-15-28-29-16-21)25(33)14-24-30-31-26(34-24)20-6-2-1-3-7-20/h1-13,15-16H,14,17H2,(H,28,29). The minimum absolute atomic E-state index is 0.0239. The van der Waals surface area contributed by atoms with E-state index < -0.39 is 0 Å². The Morgan fingerprint density at radius 1 is 0.912 bits per heavy atom. The number of hydrogen-bond donors (Lipinski definition) is 1. The van der Waals surface area contributed by atoms with Crippen LogP contribution in [0, 0.1) is 0 Å². The number of benzene rings is 3. The van der Waals surface area contributed by atoms with Crippen molar-refractivity contribution in [3.8, 4) is 22.6 Å². The number of carbonyl (C=O) groups is 1. The van der Waals surface area contributed by atoms with E-state index >= 15 is 0 Å². The van der Waals surface area contributed by atoms with E-state index in [2.05, 4.69) is 20.4 Å². The first-order chi connectivity index (χ1) is 16.7. The Morgan fingerprint density at radius 3 is 2.47 bits per heavy atom. The zero-order chi connectivity index (χ0) is 23.3. The Morgan fingerprint density at radius 2 is 1.74 bits per heavy atom. The fourth-order valence-electron chi connectivity index (χ4n) is 3.63. The Kier molecular flexibility index (Phi) is 6.18. The monoisotopic (exact) mass is 469 g/mol. The molecule has 0 aliphatic rings. The summed E-state index contributed by atoms with van der Waals surface area (Å²) in [7, 11) is 0. The maximum absolute atomic E-state index is 13.4. The first-order valence-electron chi connectivity index (χ1n) is 10.7. The molecule has 0 spiro atoms. The molecule has 0 radical (unpaired) electrons. The van der Waals surface area contributed by atoms with Gasteiger partial charge < -0.3 is 9.32 Å². The first-order valence-corrected chi connectivity index (χ1v) is 11.1. The summed E-state index contributed by atoms with van der Waals surface area (Å²) >= 11 is 6.18. The van der Waals surface area contributed by atoms with Crippen LogP contribution in [0.5, 0.6) is 0 Å². The number of H-pyrrole nitrogens is 1. The highest BCUT2D eigenvalue weighted by molar-refractivity contribution is 6.30. The van der Waals surface area contributed by atoms with Gasteiger partial charge in [0.05, 0.1) is 12.7 Å². The maximum atomic E-state index is 13.4. The first kappa shape index (κ1) is 21.6. The number of anilines is 1. The third kappa shape index (κ3) is 4.89. The predicted molar refractivity (Wildman–Crippen MR) is 130 cm³/mol. The van der Waals surface area contributed by atoms with Crippen LogP contribution in [0.25, 0.3) is 22.6 Å². The minimum Gasteiger partial charge on any atom is -0.420 e. The molecule has 168 valence electrons. The van der Waals surface area contributed by atoms with Crippen molar-refractivity contribution < 1.29 is 9.21 Å². The summed E-state index contributed by atoms with van der Waals surface area (Å²) in [6.07, 6.45) is 3.55. The van der Waals surface area contributed by atoms with Gasteiger partial charge in [-0.15, -0.1) is 10.2 Å². The topological polar surface area (TPSA) is 87.9 Å². The van der Waals surface area contributed by atoms with Gasteiger partial charge in [-0.05, 0) is 47.5 Å². The van der Waals surface area contributed by atoms with Gasteiger partial charge in [-0.3, -0.25) is 9.89 Å². The van der Waals surface area contributed by atoms with Gasteiger partial charge in [-0.25, -0.2) is 0 Å². The lowest BCUT2D eigenvalue weighted by Gasteiger charge is -2.23.